The molecule has 12 nitrogen and oxygen atoms in total. The fraction of sp³-hybridized carbons (Fsp3) is 0.333. The van der Waals surface area contributed by atoms with Crippen molar-refractivity contribution in [3.05, 3.63) is 63.5 Å². The van der Waals surface area contributed by atoms with Crippen molar-refractivity contribution in [1.29, 1.82) is 5.26 Å². The second-order valence-corrected chi connectivity index (χ2v) is 9.40. The third kappa shape index (κ3) is 5.58. The van der Waals surface area contributed by atoms with Crippen LogP contribution in [0.3, 0.4) is 0 Å². The van der Waals surface area contributed by atoms with Gasteiger partial charge in [0, 0.05) is 49.4 Å². The van der Waals surface area contributed by atoms with Gasteiger partial charge < -0.3 is 19.9 Å². The Morgan fingerprint density at radius 3 is 2.62 bits per heavy atom. The zero-order valence-corrected chi connectivity index (χ0v) is 22.9. The summed E-state index contributed by atoms with van der Waals surface area (Å²) in [6, 6.07) is 10.7. The number of nitrogens with one attached hydrogen (secondary N) is 1. The van der Waals surface area contributed by atoms with Crippen molar-refractivity contribution < 1.29 is 9.66 Å². The highest BCUT2D eigenvalue weighted by molar-refractivity contribution is 5.85. The predicted molar refractivity (Wildman–Crippen MR) is 150 cm³/mol. The fourth-order valence-electron chi connectivity index (χ4n) is 4.25. The highest BCUT2D eigenvalue weighted by Crippen LogP contribution is 2.39. The Hall–Kier alpha value is -4.76. The Kier molecular flexibility index (Phi) is 7.92. The van der Waals surface area contributed by atoms with Crippen molar-refractivity contribution in [1.82, 2.24) is 24.6 Å². The number of benzene rings is 2. The van der Waals surface area contributed by atoms with Gasteiger partial charge in [-0.05, 0) is 45.6 Å². The number of likely N-dealkylation sites (N-methyl/N-ethyl adjacent to an activating group) is 2. The van der Waals surface area contributed by atoms with Gasteiger partial charge in [-0.25, -0.2) is 9.67 Å². The second kappa shape index (κ2) is 11.3. The van der Waals surface area contributed by atoms with E-state index in [0.717, 1.165) is 28.7 Å². The summed E-state index contributed by atoms with van der Waals surface area (Å²) in [4.78, 5) is 24.5. The molecule has 12 heteroatoms. The van der Waals surface area contributed by atoms with Crippen LogP contribution in [0.25, 0.3) is 16.7 Å². The first-order valence-electron chi connectivity index (χ1n) is 12.4. The maximum atomic E-state index is 12.0. The molecule has 0 saturated carbocycles. The first-order valence-corrected chi connectivity index (χ1v) is 12.4. The van der Waals surface area contributed by atoms with Gasteiger partial charge in [0.25, 0.3) is 5.69 Å². The number of nitriles is 1. The topological polar surface area (TPSA) is 138 Å². The summed E-state index contributed by atoms with van der Waals surface area (Å²) >= 11 is 0. The molecule has 4 rings (SSSR count). The van der Waals surface area contributed by atoms with Crippen molar-refractivity contribution >= 4 is 33.9 Å². The van der Waals surface area contributed by atoms with Gasteiger partial charge in [-0.3, -0.25) is 10.1 Å². The molecule has 4 aromatic rings. The Morgan fingerprint density at radius 2 is 1.97 bits per heavy atom. The van der Waals surface area contributed by atoms with E-state index in [9.17, 15) is 15.4 Å². The monoisotopic (exact) mass is 529 g/mol. The standard InChI is InChI=1S/C27H31N9O3/c1-7-20-19-12-18(15-28)8-9-22(19)35(32-20)26-17(2)16-29-27(31-26)30-21-13-24(36(37)38)23(14-25(21)39-6)34(5)11-10-33(3)4/h8-9,12-14,16H,7,10-11H2,1-6H3,(H,29,30,31). The number of anilines is 3. The molecule has 2 heterocycles. The lowest BCUT2D eigenvalue weighted by molar-refractivity contribution is -0.384. The van der Waals surface area contributed by atoms with E-state index in [2.05, 4.69) is 16.4 Å². The summed E-state index contributed by atoms with van der Waals surface area (Å²) in [6.07, 6.45) is 2.35. The molecule has 0 bridgehead atoms. The number of methoxy groups -OCH3 is 1. The SMILES string of the molecule is CCc1nn(-c2nc(Nc3cc([N+](=O)[O-])c(N(C)CCN(C)C)cc3OC)ncc2C)c2ccc(C#N)cc12. The normalized spacial score (nSPS) is 11.0. The largest absolute Gasteiger partial charge is 0.494 e. The average Bonchev–Trinajstić information content (AvgIpc) is 3.30. The average molecular weight is 530 g/mol. The molecular weight excluding hydrogens is 498 g/mol. The van der Waals surface area contributed by atoms with E-state index < -0.39 is 4.92 Å². The maximum Gasteiger partial charge on any atom is 0.294 e. The second-order valence-electron chi connectivity index (χ2n) is 9.40. The minimum absolute atomic E-state index is 0.0640. The number of nitro benzene ring substituents is 1. The molecule has 0 spiro atoms. The number of nitrogens with zero attached hydrogens (tertiary/aromatic N) is 8. The molecule has 202 valence electrons. The molecule has 0 aliphatic carbocycles. The summed E-state index contributed by atoms with van der Waals surface area (Å²) in [5.41, 5.74) is 3.75. The molecule has 0 fully saturated rings. The number of aromatic nitrogens is 4. The van der Waals surface area contributed by atoms with Crippen molar-refractivity contribution in [2.75, 3.05) is 51.6 Å². The van der Waals surface area contributed by atoms with Crippen LogP contribution in [0.4, 0.5) is 23.0 Å². The Labute approximate surface area is 226 Å². The minimum atomic E-state index is -0.412. The smallest absolute Gasteiger partial charge is 0.294 e. The molecule has 0 aliphatic heterocycles. The Morgan fingerprint density at radius 1 is 1.21 bits per heavy atom. The third-order valence-corrected chi connectivity index (χ3v) is 6.40. The van der Waals surface area contributed by atoms with E-state index in [1.165, 1.54) is 13.2 Å². The molecule has 2 aromatic carbocycles. The van der Waals surface area contributed by atoms with Gasteiger partial charge in [0.05, 0.1) is 40.6 Å². The van der Waals surface area contributed by atoms with Crippen molar-refractivity contribution in [3.8, 4) is 17.6 Å². The molecule has 0 unspecified atom stereocenters. The van der Waals surface area contributed by atoms with Gasteiger partial charge in [0.1, 0.15) is 11.4 Å². The molecule has 0 saturated heterocycles. The first-order chi connectivity index (χ1) is 18.7. The fourth-order valence-corrected chi connectivity index (χ4v) is 4.25. The zero-order chi connectivity index (χ0) is 28.3. The Bertz CT molecular complexity index is 1570. The number of hydrogen-bond acceptors (Lipinski definition) is 10. The van der Waals surface area contributed by atoms with Crippen LogP contribution in [0.5, 0.6) is 5.75 Å². The highest BCUT2D eigenvalue weighted by Gasteiger charge is 2.23. The number of ether oxygens (including phenoxy) is 1. The number of nitro groups is 1. The van der Waals surface area contributed by atoms with Gasteiger partial charge in [0.15, 0.2) is 5.82 Å². The number of rotatable bonds is 10. The molecule has 0 radical (unpaired) electrons. The molecular formula is C27H31N9O3. The van der Waals surface area contributed by atoms with E-state index in [4.69, 9.17) is 14.8 Å². The number of aryl methyl sites for hydroxylation is 2. The third-order valence-electron chi connectivity index (χ3n) is 6.40. The molecule has 1 N–H and O–H groups in total. The number of fused-ring (bicyclic) bond motifs is 1. The maximum absolute atomic E-state index is 12.0. The summed E-state index contributed by atoms with van der Waals surface area (Å²) < 4.78 is 7.32. The predicted octanol–water partition coefficient (Wildman–Crippen LogP) is 4.22. The van der Waals surface area contributed by atoms with Crippen LogP contribution in [0.15, 0.2) is 36.5 Å². The van der Waals surface area contributed by atoms with Crippen LogP contribution in [0.2, 0.25) is 0 Å². The van der Waals surface area contributed by atoms with Crippen LogP contribution in [0.1, 0.15) is 23.7 Å². The van der Waals surface area contributed by atoms with Crippen molar-refractivity contribution in [2.24, 2.45) is 0 Å². The van der Waals surface area contributed by atoms with E-state index in [1.54, 1.807) is 23.0 Å². The van der Waals surface area contributed by atoms with Crippen LogP contribution in [0, 0.1) is 28.4 Å². The highest BCUT2D eigenvalue weighted by atomic mass is 16.6. The number of hydrogen-bond donors (Lipinski definition) is 1. The minimum Gasteiger partial charge on any atom is -0.494 e. The summed E-state index contributed by atoms with van der Waals surface area (Å²) in [5.74, 6) is 1.20. The lowest BCUT2D eigenvalue weighted by atomic mass is 10.1. The molecule has 2 aromatic heterocycles. The lowest BCUT2D eigenvalue weighted by Gasteiger charge is -2.22. The van der Waals surface area contributed by atoms with Gasteiger partial charge in [-0.2, -0.15) is 15.3 Å². The quantitative estimate of drug-likeness (QED) is 0.235. The van der Waals surface area contributed by atoms with Crippen LogP contribution in [-0.2, 0) is 6.42 Å². The molecule has 39 heavy (non-hydrogen) atoms. The zero-order valence-electron chi connectivity index (χ0n) is 22.9. The van der Waals surface area contributed by atoms with Gasteiger partial charge >= 0.3 is 0 Å². The van der Waals surface area contributed by atoms with E-state index >= 15 is 0 Å². The molecule has 0 amide bonds. The van der Waals surface area contributed by atoms with Crippen LogP contribution >= 0.6 is 0 Å². The van der Waals surface area contributed by atoms with Crippen molar-refractivity contribution in [3.63, 3.8) is 0 Å². The molecule has 0 aliphatic rings. The van der Waals surface area contributed by atoms with Gasteiger partial charge in [-0.15, -0.1) is 0 Å². The van der Waals surface area contributed by atoms with Crippen molar-refractivity contribution in [2.45, 2.75) is 20.3 Å². The molecule has 0 atom stereocenters. The van der Waals surface area contributed by atoms with E-state index in [-0.39, 0.29) is 11.6 Å². The van der Waals surface area contributed by atoms with Gasteiger partial charge in [0.2, 0.25) is 5.95 Å². The first kappa shape index (κ1) is 27.3. The summed E-state index contributed by atoms with van der Waals surface area (Å²) in [6.45, 7) is 5.22. The van der Waals surface area contributed by atoms with Crippen LogP contribution < -0.4 is 15.0 Å². The van der Waals surface area contributed by atoms with E-state index in [0.29, 0.717) is 41.5 Å². The lowest BCUT2D eigenvalue weighted by Crippen LogP contribution is -2.29. The summed E-state index contributed by atoms with van der Waals surface area (Å²) in [5, 5.41) is 30.1. The van der Waals surface area contributed by atoms with Gasteiger partial charge in [-0.1, -0.05) is 6.92 Å². The van der Waals surface area contributed by atoms with Crippen LogP contribution in [-0.4, -0.2) is 70.9 Å². The summed E-state index contributed by atoms with van der Waals surface area (Å²) in [7, 11) is 7.22. The Balaban J connectivity index is 1.76. The van der Waals surface area contributed by atoms with E-state index in [1.807, 2.05) is 56.9 Å².